The topological polar surface area (TPSA) is 74.8 Å². The molecular weight excluding hydrogens is 320 g/mol. The molecule has 1 aromatic rings. The molecule has 7 nitrogen and oxygen atoms in total. The predicted octanol–water partition coefficient (Wildman–Crippen LogP) is 0.905. The van der Waals surface area contributed by atoms with Crippen LogP contribution in [0.15, 0.2) is 18.3 Å². The molecule has 3 heterocycles. The Morgan fingerprint density at radius 2 is 2.08 bits per heavy atom. The number of aromatic nitrogens is 1. The molecule has 2 saturated heterocycles. The zero-order valence-electron chi connectivity index (χ0n) is 14.9. The number of carbonyl (C=O) groups excluding carboxylic acids is 2. The molecule has 0 saturated carbocycles. The van der Waals surface area contributed by atoms with E-state index in [2.05, 4.69) is 15.2 Å². The predicted molar refractivity (Wildman–Crippen MR) is 94.6 cm³/mol. The van der Waals surface area contributed by atoms with Gasteiger partial charge in [-0.05, 0) is 25.0 Å². The molecule has 2 amide bonds. The van der Waals surface area contributed by atoms with Crippen molar-refractivity contribution in [2.75, 3.05) is 45.2 Å². The minimum atomic E-state index is -0.110. The fourth-order valence-corrected chi connectivity index (χ4v) is 3.66. The highest BCUT2D eigenvalue weighted by atomic mass is 16.5. The molecule has 0 aromatic carbocycles. The lowest BCUT2D eigenvalue weighted by Crippen LogP contribution is -2.30. The summed E-state index contributed by atoms with van der Waals surface area (Å²) in [7, 11) is 3.26. The molecule has 2 fully saturated rings. The van der Waals surface area contributed by atoms with Gasteiger partial charge in [0.25, 0.3) is 5.91 Å². The second-order valence-electron chi connectivity index (χ2n) is 6.72. The summed E-state index contributed by atoms with van der Waals surface area (Å²) in [4.78, 5) is 33.0. The number of carbonyl (C=O) groups is 2. The molecule has 1 N–H and O–H groups in total. The summed E-state index contributed by atoms with van der Waals surface area (Å²) < 4.78 is 5.50. The Kier molecular flexibility index (Phi) is 5.53. The quantitative estimate of drug-likeness (QED) is 0.858. The second-order valence-corrected chi connectivity index (χ2v) is 6.72. The van der Waals surface area contributed by atoms with Crippen LogP contribution in [0.3, 0.4) is 0 Å². The first-order chi connectivity index (χ1) is 12.1. The van der Waals surface area contributed by atoms with Crippen LogP contribution in [0, 0.1) is 5.92 Å². The first-order valence-electron chi connectivity index (χ1n) is 8.86. The number of pyridine rings is 1. The average molecular weight is 346 g/mol. The van der Waals surface area contributed by atoms with Gasteiger partial charge < -0.3 is 19.9 Å². The lowest BCUT2D eigenvalue weighted by atomic mass is 10.0. The van der Waals surface area contributed by atoms with Crippen molar-refractivity contribution >= 4 is 17.6 Å². The van der Waals surface area contributed by atoms with E-state index in [0.29, 0.717) is 25.1 Å². The van der Waals surface area contributed by atoms with E-state index in [4.69, 9.17) is 4.74 Å². The Morgan fingerprint density at radius 1 is 1.32 bits per heavy atom. The Morgan fingerprint density at radius 3 is 2.76 bits per heavy atom. The van der Waals surface area contributed by atoms with Crippen LogP contribution in [0.25, 0.3) is 0 Å². The number of nitrogens with one attached hydrogen (secondary N) is 1. The van der Waals surface area contributed by atoms with Crippen molar-refractivity contribution in [2.45, 2.75) is 25.4 Å². The number of nitrogens with zero attached hydrogens (tertiary/aromatic N) is 3. The number of hydrogen-bond donors (Lipinski definition) is 1. The molecular formula is C18H26N4O3. The van der Waals surface area contributed by atoms with Crippen molar-refractivity contribution in [1.29, 1.82) is 0 Å². The summed E-state index contributed by atoms with van der Waals surface area (Å²) >= 11 is 0. The highest BCUT2D eigenvalue weighted by molar-refractivity contribution is 5.95. The van der Waals surface area contributed by atoms with Gasteiger partial charge in [-0.1, -0.05) is 0 Å². The molecule has 2 aliphatic rings. The maximum absolute atomic E-state index is 12.9. The number of anilines is 1. The highest BCUT2D eigenvalue weighted by Crippen LogP contribution is 2.25. The van der Waals surface area contributed by atoms with Crippen LogP contribution in [0.5, 0.6) is 0 Å². The van der Waals surface area contributed by atoms with Crippen molar-refractivity contribution in [3.63, 3.8) is 0 Å². The summed E-state index contributed by atoms with van der Waals surface area (Å²) in [6, 6.07) is 3.64. The molecule has 2 aliphatic heterocycles. The van der Waals surface area contributed by atoms with Crippen molar-refractivity contribution in [1.82, 2.24) is 15.2 Å². The smallest absolute Gasteiger partial charge is 0.254 e. The number of likely N-dealkylation sites (tertiary alicyclic amines) is 1. The molecule has 0 bridgehead atoms. The monoisotopic (exact) mass is 346 g/mol. The van der Waals surface area contributed by atoms with Gasteiger partial charge in [-0.2, -0.15) is 0 Å². The van der Waals surface area contributed by atoms with E-state index in [0.717, 1.165) is 18.9 Å². The molecule has 7 heteroatoms. The van der Waals surface area contributed by atoms with Crippen molar-refractivity contribution < 1.29 is 14.3 Å². The van der Waals surface area contributed by atoms with Crippen molar-refractivity contribution in [2.24, 2.45) is 5.92 Å². The number of hydrogen-bond acceptors (Lipinski definition) is 5. The van der Waals surface area contributed by atoms with Crippen molar-refractivity contribution in [3.05, 3.63) is 23.9 Å². The summed E-state index contributed by atoms with van der Waals surface area (Å²) in [5.41, 5.74) is 0.646. The standard InChI is InChI=1S/C18H26N4O3/c1-19-17(23)10-14-11-22(12-15(14)25-2)18(24)13-5-6-20-16(9-13)21-7-3-4-8-21/h5-6,9,14-15H,3-4,7-8,10-12H2,1-2H3,(H,19,23)/t14-,15+/m1/s1. The third-order valence-electron chi connectivity index (χ3n) is 5.12. The molecule has 1 aromatic heterocycles. The van der Waals surface area contributed by atoms with Gasteiger partial charge in [0.05, 0.1) is 6.10 Å². The second kappa shape index (κ2) is 7.82. The summed E-state index contributed by atoms with van der Waals surface area (Å²) in [5, 5.41) is 2.64. The van der Waals surface area contributed by atoms with Crippen LogP contribution in [-0.2, 0) is 9.53 Å². The van der Waals surface area contributed by atoms with Gasteiger partial charge >= 0.3 is 0 Å². The van der Waals surface area contributed by atoms with Gasteiger partial charge in [-0.15, -0.1) is 0 Å². The van der Waals surface area contributed by atoms with E-state index in [-0.39, 0.29) is 23.8 Å². The molecule has 25 heavy (non-hydrogen) atoms. The lowest BCUT2D eigenvalue weighted by Gasteiger charge is -2.19. The average Bonchev–Trinajstić information content (AvgIpc) is 3.31. The molecule has 0 radical (unpaired) electrons. The van der Waals surface area contributed by atoms with Crippen LogP contribution in [-0.4, -0.2) is 68.1 Å². The summed E-state index contributed by atoms with van der Waals surface area (Å²) in [6.45, 7) is 3.03. The normalized spacial score (nSPS) is 23.1. The van der Waals surface area contributed by atoms with E-state index < -0.39 is 0 Å². The van der Waals surface area contributed by atoms with E-state index in [9.17, 15) is 9.59 Å². The van der Waals surface area contributed by atoms with Gasteiger partial charge in [0.2, 0.25) is 5.91 Å². The number of ether oxygens (including phenoxy) is 1. The van der Waals surface area contributed by atoms with E-state index >= 15 is 0 Å². The summed E-state index contributed by atoms with van der Waals surface area (Å²) in [6.07, 6.45) is 4.30. The van der Waals surface area contributed by atoms with Crippen LogP contribution < -0.4 is 10.2 Å². The molecule has 136 valence electrons. The Balaban J connectivity index is 1.70. The zero-order chi connectivity index (χ0) is 17.8. The third-order valence-corrected chi connectivity index (χ3v) is 5.12. The first kappa shape index (κ1) is 17.7. The SMILES string of the molecule is CNC(=O)C[C@@H]1CN(C(=O)c2ccnc(N3CCCC3)c2)C[C@@H]1OC. The third kappa shape index (κ3) is 3.92. The van der Waals surface area contributed by atoms with Gasteiger partial charge in [0.1, 0.15) is 5.82 Å². The maximum atomic E-state index is 12.9. The Labute approximate surface area is 148 Å². The largest absolute Gasteiger partial charge is 0.379 e. The number of methoxy groups -OCH3 is 1. The minimum absolute atomic E-state index is 0.0220. The molecule has 0 aliphatic carbocycles. The van der Waals surface area contributed by atoms with E-state index in [1.807, 2.05) is 6.07 Å². The Hall–Kier alpha value is -2.15. The molecule has 0 spiro atoms. The van der Waals surface area contributed by atoms with Crippen molar-refractivity contribution in [3.8, 4) is 0 Å². The molecule has 0 unspecified atom stereocenters. The first-order valence-corrected chi connectivity index (χ1v) is 8.86. The summed E-state index contributed by atoms with van der Waals surface area (Å²) in [5.74, 6) is 0.840. The van der Waals surface area contributed by atoms with Gasteiger partial charge in [-0.3, -0.25) is 9.59 Å². The van der Waals surface area contributed by atoms with E-state index in [1.165, 1.54) is 12.8 Å². The van der Waals surface area contributed by atoms with Gasteiger partial charge in [-0.25, -0.2) is 4.98 Å². The van der Waals surface area contributed by atoms with Crippen LogP contribution in [0.2, 0.25) is 0 Å². The van der Waals surface area contributed by atoms with Gasteiger partial charge in [0, 0.05) is 64.4 Å². The fraction of sp³-hybridized carbons (Fsp3) is 0.611. The Bertz CT molecular complexity index is 631. The van der Waals surface area contributed by atoms with Crippen LogP contribution in [0.4, 0.5) is 5.82 Å². The fourth-order valence-electron chi connectivity index (χ4n) is 3.66. The van der Waals surface area contributed by atoms with Crippen LogP contribution in [0.1, 0.15) is 29.6 Å². The number of rotatable bonds is 5. The molecule has 3 rings (SSSR count). The maximum Gasteiger partial charge on any atom is 0.254 e. The highest BCUT2D eigenvalue weighted by Gasteiger charge is 2.36. The van der Waals surface area contributed by atoms with E-state index in [1.54, 1.807) is 31.3 Å². The zero-order valence-corrected chi connectivity index (χ0v) is 14.9. The van der Waals surface area contributed by atoms with Gasteiger partial charge in [0.15, 0.2) is 0 Å². The van der Waals surface area contributed by atoms with Crippen LogP contribution >= 0.6 is 0 Å². The minimum Gasteiger partial charge on any atom is -0.379 e. The lowest BCUT2D eigenvalue weighted by molar-refractivity contribution is -0.122. The number of amides is 2. The molecule has 2 atom stereocenters.